The standard InChI is InChI=1S/C23H21BrN4O5/c1-32-18-10-8-17(9-11-18)28-20(23(31)33-25-28)13-26(15-6-7-15)19-12-21(29)27(22(19)30)16-4-2-14(24)3-5-16/h2-5,8-11,15,19H,6-7,12-13H2,1H3/p+1. The largest absolute Gasteiger partial charge is 0.497 e. The van der Waals surface area contributed by atoms with Gasteiger partial charge in [0.15, 0.2) is 0 Å². The maximum absolute atomic E-state index is 13.3. The highest BCUT2D eigenvalue weighted by molar-refractivity contribution is 9.10. The van der Waals surface area contributed by atoms with Crippen LogP contribution in [0.5, 0.6) is 5.75 Å². The van der Waals surface area contributed by atoms with Gasteiger partial charge in [-0.05, 0) is 59.2 Å². The van der Waals surface area contributed by atoms with Crippen molar-refractivity contribution in [2.45, 2.75) is 37.9 Å². The maximum Gasteiger partial charge on any atom is 0.431 e. The van der Waals surface area contributed by atoms with Gasteiger partial charge in [-0.15, -0.1) is 0 Å². The lowest BCUT2D eigenvalue weighted by Gasteiger charge is -2.25. The molecule has 2 aromatic carbocycles. The van der Waals surface area contributed by atoms with E-state index < -0.39 is 11.7 Å². The van der Waals surface area contributed by atoms with Gasteiger partial charge in [0.2, 0.25) is 11.6 Å². The summed E-state index contributed by atoms with van der Waals surface area (Å²) in [5, 5.41) is 2.64. The quantitative estimate of drug-likeness (QED) is 0.384. The van der Waals surface area contributed by atoms with Crippen molar-refractivity contribution in [3.63, 3.8) is 0 Å². The number of H-pyrrole nitrogens is 1. The Labute approximate surface area is 197 Å². The predicted octanol–water partition coefficient (Wildman–Crippen LogP) is 2.31. The van der Waals surface area contributed by atoms with Gasteiger partial charge in [0.1, 0.15) is 5.75 Å². The molecule has 3 aromatic rings. The number of rotatable bonds is 7. The van der Waals surface area contributed by atoms with Crippen LogP contribution in [-0.4, -0.2) is 41.2 Å². The molecule has 2 amide bonds. The number of amides is 2. The molecule has 1 N–H and O–H groups in total. The molecule has 1 aliphatic heterocycles. The van der Waals surface area contributed by atoms with Crippen LogP contribution in [0.15, 0.2) is 62.3 Å². The summed E-state index contributed by atoms with van der Waals surface area (Å²) in [6, 6.07) is 13.7. The second kappa shape index (κ2) is 8.60. The molecule has 1 aliphatic carbocycles. The van der Waals surface area contributed by atoms with E-state index in [4.69, 9.17) is 9.26 Å². The van der Waals surface area contributed by atoms with Crippen molar-refractivity contribution < 1.29 is 23.5 Å². The van der Waals surface area contributed by atoms with Crippen molar-refractivity contribution in [1.29, 1.82) is 0 Å². The van der Waals surface area contributed by atoms with Crippen LogP contribution in [-0.2, 0) is 16.1 Å². The SMILES string of the molecule is COc1ccc(-[n+]2[nH]oc(=O)c2CN(C2CC2)C2CC(=O)N(c3ccc(Br)cc3)C2=O)cc1. The maximum atomic E-state index is 13.3. The van der Waals surface area contributed by atoms with Crippen molar-refractivity contribution in [3.05, 3.63) is 69.1 Å². The molecule has 10 heteroatoms. The number of ether oxygens (including phenoxy) is 1. The Morgan fingerprint density at radius 2 is 1.82 bits per heavy atom. The molecule has 0 radical (unpaired) electrons. The zero-order valence-electron chi connectivity index (χ0n) is 17.9. The summed E-state index contributed by atoms with van der Waals surface area (Å²) in [7, 11) is 1.58. The number of hydrogen-bond donors (Lipinski definition) is 1. The van der Waals surface area contributed by atoms with Crippen LogP contribution >= 0.6 is 15.9 Å². The van der Waals surface area contributed by atoms with E-state index in [9.17, 15) is 14.4 Å². The summed E-state index contributed by atoms with van der Waals surface area (Å²) < 4.78 is 12.7. The van der Waals surface area contributed by atoms with E-state index in [-0.39, 0.29) is 30.8 Å². The number of benzene rings is 2. The van der Waals surface area contributed by atoms with Crippen LogP contribution in [0.4, 0.5) is 5.69 Å². The van der Waals surface area contributed by atoms with Gasteiger partial charge >= 0.3 is 11.3 Å². The normalized spacial score (nSPS) is 18.4. The van der Waals surface area contributed by atoms with Gasteiger partial charge in [0.05, 0.1) is 31.8 Å². The minimum Gasteiger partial charge on any atom is -0.497 e. The minimum absolute atomic E-state index is 0.0731. The van der Waals surface area contributed by atoms with Gasteiger partial charge < -0.3 is 4.74 Å². The number of anilines is 1. The van der Waals surface area contributed by atoms with Gasteiger partial charge in [0, 0.05) is 22.6 Å². The number of methoxy groups -OCH3 is 1. The summed E-state index contributed by atoms with van der Waals surface area (Å²) in [6.07, 6.45) is 1.90. The first-order valence-electron chi connectivity index (χ1n) is 10.6. The monoisotopic (exact) mass is 513 g/mol. The molecule has 1 saturated heterocycles. The van der Waals surface area contributed by atoms with Crippen LogP contribution in [0.3, 0.4) is 0 Å². The van der Waals surface area contributed by atoms with Crippen molar-refractivity contribution in [3.8, 4) is 11.4 Å². The first-order valence-corrected chi connectivity index (χ1v) is 11.4. The average molecular weight is 514 g/mol. The van der Waals surface area contributed by atoms with E-state index in [2.05, 4.69) is 21.2 Å². The fourth-order valence-corrected chi connectivity index (χ4v) is 4.44. The lowest BCUT2D eigenvalue weighted by Crippen LogP contribution is -2.47. The molecule has 5 rings (SSSR count). The van der Waals surface area contributed by atoms with Gasteiger partial charge in [-0.25, -0.2) is 9.69 Å². The van der Waals surface area contributed by atoms with E-state index in [1.165, 1.54) is 4.90 Å². The predicted molar refractivity (Wildman–Crippen MR) is 121 cm³/mol. The first kappa shape index (κ1) is 21.6. The summed E-state index contributed by atoms with van der Waals surface area (Å²) in [5.41, 5.74) is 1.08. The van der Waals surface area contributed by atoms with Crippen molar-refractivity contribution in [1.82, 2.24) is 10.2 Å². The number of carbonyl (C=O) groups is 2. The Kier molecular flexibility index (Phi) is 5.63. The number of imide groups is 1. The molecular formula is C23H22BrN4O5+. The molecule has 1 aromatic heterocycles. The third-order valence-electron chi connectivity index (χ3n) is 6.02. The molecule has 33 heavy (non-hydrogen) atoms. The molecular weight excluding hydrogens is 492 g/mol. The third kappa shape index (κ3) is 4.11. The minimum atomic E-state index is -0.632. The zero-order valence-corrected chi connectivity index (χ0v) is 19.4. The number of carbonyl (C=O) groups excluding carboxylic acids is 2. The third-order valence-corrected chi connectivity index (χ3v) is 6.55. The number of nitrogens with one attached hydrogen (secondary N) is 1. The summed E-state index contributed by atoms with van der Waals surface area (Å²) >= 11 is 3.37. The Morgan fingerprint density at radius 1 is 1.12 bits per heavy atom. The molecule has 1 saturated carbocycles. The van der Waals surface area contributed by atoms with Gasteiger partial charge in [0.25, 0.3) is 5.91 Å². The summed E-state index contributed by atoms with van der Waals surface area (Å²) in [5.74, 6) is 0.168. The second-order valence-electron chi connectivity index (χ2n) is 8.13. The number of hydrogen-bond acceptors (Lipinski definition) is 6. The van der Waals surface area contributed by atoms with Crippen LogP contribution in [0.1, 0.15) is 25.0 Å². The van der Waals surface area contributed by atoms with E-state index in [0.29, 0.717) is 22.8 Å². The van der Waals surface area contributed by atoms with Crippen LogP contribution < -0.4 is 19.9 Å². The highest BCUT2D eigenvalue weighted by Gasteiger charge is 2.48. The smallest absolute Gasteiger partial charge is 0.431 e. The lowest BCUT2D eigenvalue weighted by molar-refractivity contribution is -0.678. The van der Waals surface area contributed by atoms with Crippen molar-refractivity contribution >= 4 is 33.4 Å². The molecule has 0 spiro atoms. The molecule has 2 fully saturated rings. The van der Waals surface area contributed by atoms with Crippen molar-refractivity contribution in [2.75, 3.05) is 12.0 Å². The van der Waals surface area contributed by atoms with Gasteiger partial charge in [-0.3, -0.25) is 19.0 Å². The Bertz CT molecular complexity index is 1250. The van der Waals surface area contributed by atoms with Gasteiger partial charge in [-0.2, -0.15) is 0 Å². The fourth-order valence-electron chi connectivity index (χ4n) is 4.18. The van der Waals surface area contributed by atoms with E-state index in [1.807, 2.05) is 4.90 Å². The first-order chi connectivity index (χ1) is 16.0. The van der Waals surface area contributed by atoms with Crippen molar-refractivity contribution in [2.24, 2.45) is 0 Å². The molecule has 0 bridgehead atoms. The molecule has 2 heterocycles. The zero-order chi connectivity index (χ0) is 23.1. The molecule has 1 unspecified atom stereocenters. The Hall–Kier alpha value is -3.24. The number of nitrogens with zero attached hydrogens (tertiary/aromatic N) is 3. The molecule has 9 nitrogen and oxygen atoms in total. The number of aromatic amines is 1. The highest BCUT2D eigenvalue weighted by atomic mass is 79.9. The number of halogens is 1. The average Bonchev–Trinajstić information content (AvgIpc) is 3.54. The molecule has 2 aliphatic rings. The van der Waals surface area contributed by atoms with Crippen LogP contribution in [0, 0.1) is 0 Å². The topological polar surface area (TPSA) is 99.7 Å². The lowest BCUT2D eigenvalue weighted by atomic mass is 10.2. The highest BCUT2D eigenvalue weighted by Crippen LogP contribution is 2.35. The second-order valence-corrected chi connectivity index (χ2v) is 9.04. The van der Waals surface area contributed by atoms with Crippen LogP contribution in [0.25, 0.3) is 5.69 Å². The molecule has 1 atom stereocenters. The summed E-state index contributed by atoms with van der Waals surface area (Å²) in [4.78, 5) is 41.9. The van der Waals surface area contributed by atoms with E-state index in [0.717, 1.165) is 17.3 Å². The van der Waals surface area contributed by atoms with E-state index >= 15 is 0 Å². The van der Waals surface area contributed by atoms with Crippen LogP contribution in [0.2, 0.25) is 0 Å². The van der Waals surface area contributed by atoms with Gasteiger partial charge in [-0.1, -0.05) is 15.9 Å². The Morgan fingerprint density at radius 3 is 2.45 bits per heavy atom. The number of aromatic nitrogens is 2. The molecule has 170 valence electrons. The van der Waals surface area contributed by atoms with E-state index in [1.54, 1.807) is 60.3 Å². The Balaban J connectivity index is 1.44. The summed E-state index contributed by atoms with van der Waals surface area (Å²) in [6.45, 7) is 0.181. The fraction of sp³-hybridized carbons (Fsp3) is 0.304.